The van der Waals surface area contributed by atoms with Gasteiger partial charge in [-0.1, -0.05) is 43.3 Å². The largest absolute Gasteiger partial charge is 0.306 e. The molecule has 3 rings (SSSR count). The lowest BCUT2D eigenvalue weighted by Crippen LogP contribution is -2.23. The Morgan fingerprint density at radius 1 is 1.00 bits per heavy atom. The molecule has 1 atom stereocenters. The number of thiophene rings is 1. The van der Waals surface area contributed by atoms with Gasteiger partial charge in [0.05, 0.1) is 6.04 Å². The number of benzene rings is 2. The van der Waals surface area contributed by atoms with Crippen molar-refractivity contribution in [1.29, 1.82) is 0 Å². The lowest BCUT2D eigenvalue weighted by Gasteiger charge is -2.23. The summed E-state index contributed by atoms with van der Waals surface area (Å²) >= 11 is 1.83. The fraction of sp³-hybridized carbons (Fsp3) is 0.263. The summed E-state index contributed by atoms with van der Waals surface area (Å²) < 4.78 is 1.39. The van der Waals surface area contributed by atoms with Gasteiger partial charge in [0.2, 0.25) is 0 Å². The fourth-order valence-corrected chi connectivity index (χ4v) is 4.04. The van der Waals surface area contributed by atoms with Crippen molar-refractivity contribution in [3.63, 3.8) is 0 Å². The van der Waals surface area contributed by atoms with Crippen LogP contribution in [-0.4, -0.2) is 6.54 Å². The molecule has 0 fully saturated rings. The van der Waals surface area contributed by atoms with Gasteiger partial charge in [-0.2, -0.15) is 0 Å². The topological polar surface area (TPSA) is 12.0 Å². The Morgan fingerprint density at radius 2 is 1.71 bits per heavy atom. The van der Waals surface area contributed by atoms with Gasteiger partial charge in [-0.05, 0) is 59.5 Å². The van der Waals surface area contributed by atoms with Crippen LogP contribution in [0.1, 0.15) is 35.2 Å². The zero-order valence-corrected chi connectivity index (χ0v) is 13.6. The van der Waals surface area contributed by atoms with E-state index >= 15 is 0 Å². The van der Waals surface area contributed by atoms with E-state index in [0.717, 1.165) is 6.54 Å². The molecule has 3 aromatic rings. The molecule has 0 aliphatic rings. The third-order valence-corrected chi connectivity index (χ3v) is 5.04. The van der Waals surface area contributed by atoms with Gasteiger partial charge in [0.1, 0.15) is 0 Å². The van der Waals surface area contributed by atoms with Crippen LogP contribution in [0.25, 0.3) is 10.1 Å². The van der Waals surface area contributed by atoms with E-state index in [4.69, 9.17) is 0 Å². The summed E-state index contributed by atoms with van der Waals surface area (Å²) in [5, 5.41) is 7.21. The summed E-state index contributed by atoms with van der Waals surface area (Å²) in [5.74, 6) is 0. The molecule has 0 aliphatic carbocycles. The Kier molecular flexibility index (Phi) is 4.09. The van der Waals surface area contributed by atoms with Crippen LogP contribution in [0, 0.1) is 13.8 Å². The smallest absolute Gasteiger partial charge is 0.0596 e. The molecule has 1 nitrogen and oxygen atoms in total. The Bertz CT molecular complexity index is 737. The molecule has 1 N–H and O–H groups in total. The van der Waals surface area contributed by atoms with Crippen molar-refractivity contribution in [3.05, 3.63) is 70.1 Å². The van der Waals surface area contributed by atoms with Crippen molar-refractivity contribution in [2.75, 3.05) is 6.54 Å². The van der Waals surface area contributed by atoms with Gasteiger partial charge in [0.15, 0.2) is 0 Å². The third-order valence-electron chi connectivity index (χ3n) is 4.06. The Balaban J connectivity index is 2.21. The second-order valence-corrected chi connectivity index (χ2v) is 6.40. The van der Waals surface area contributed by atoms with Crippen LogP contribution in [0.5, 0.6) is 0 Å². The first-order valence-electron chi connectivity index (χ1n) is 7.48. The van der Waals surface area contributed by atoms with Crippen molar-refractivity contribution >= 4 is 21.4 Å². The Morgan fingerprint density at radius 3 is 2.43 bits per heavy atom. The molecule has 108 valence electrons. The average molecular weight is 295 g/mol. The lowest BCUT2D eigenvalue weighted by molar-refractivity contribution is 0.629. The maximum Gasteiger partial charge on any atom is 0.0596 e. The summed E-state index contributed by atoms with van der Waals surface area (Å²) in [4.78, 5) is 0. The minimum absolute atomic E-state index is 0.263. The third kappa shape index (κ3) is 2.61. The first-order chi connectivity index (χ1) is 10.2. The maximum atomic E-state index is 3.69. The predicted molar refractivity (Wildman–Crippen MR) is 93.3 cm³/mol. The van der Waals surface area contributed by atoms with Gasteiger partial charge in [0.25, 0.3) is 0 Å². The Hall–Kier alpha value is -1.64. The van der Waals surface area contributed by atoms with Crippen molar-refractivity contribution in [1.82, 2.24) is 5.32 Å². The van der Waals surface area contributed by atoms with Crippen LogP contribution in [-0.2, 0) is 0 Å². The molecule has 0 aliphatic heterocycles. The van der Waals surface area contributed by atoms with E-state index in [2.05, 4.69) is 73.9 Å². The van der Waals surface area contributed by atoms with Crippen molar-refractivity contribution in [2.45, 2.75) is 26.8 Å². The first kappa shape index (κ1) is 14.3. The first-order valence-corrected chi connectivity index (χ1v) is 8.36. The predicted octanol–water partition coefficient (Wildman–Crippen LogP) is 5.22. The second-order valence-electron chi connectivity index (χ2n) is 5.48. The van der Waals surface area contributed by atoms with E-state index in [1.54, 1.807) is 0 Å². The number of fused-ring (bicyclic) bond motifs is 1. The van der Waals surface area contributed by atoms with E-state index < -0.39 is 0 Å². The molecule has 21 heavy (non-hydrogen) atoms. The van der Waals surface area contributed by atoms with Gasteiger partial charge in [-0.3, -0.25) is 0 Å². The van der Waals surface area contributed by atoms with Crippen molar-refractivity contribution in [3.8, 4) is 0 Å². The number of nitrogens with one attached hydrogen (secondary N) is 1. The molecule has 0 spiro atoms. The number of rotatable bonds is 4. The highest BCUT2D eigenvalue weighted by Crippen LogP contribution is 2.34. The molecule has 1 unspecified atom stereocenters. The minimum atomic E-state index is 0.263. The van der Waals surface area contributed by atoms with E-state index in [-0.39, 0.29) is 6.04 Å². The summed E-state index contributed by atoms with van der Waals surface area (Å²) in [7, 11) is 0. The number of hydrogen-bond acceptors (Lipinski definition) is 2. The second kappa shape index (κ2) is 6.00. The quantitative estimate of drug-likeness (QED) is 0.696. The molecule has 1 aromatic heterocycles. The maximum absolute atomic E-state index is 3.69. The fourth-order valence-electron chi connectivity index (χ4n) is 3.10. The van der Waals surface area contributed by atoms with Gasteiger partial charge in [0, 0.05) is 4.70 Å². The molecular weight excluding hydrogens is 274 g/mol. The molecule has 0 amide bonds. The molecule has 0 saturated heterocycles. The molecule has 2 heteroatoms. The van der Waals surface area contributed by atoms with E-state index in [1.165, 1.54) is 32.3 Å². The Labute approximate surface area is 130 Å². The van der Waals surface area contributed by atoms with E-state index in [9.17, 15) is 0 Å². The monoisotopic (exact) mass is 295 g/mol. The molecule has 0 radical (unpaired) electrons. The van der Waals surface area contributed by atoms with Gasteiger partial charge in [-0.25, -0.2) is 0 Å². The number of hydrogen-bond donors (Lipinski definition) is 1. The van der Waals surface area contributed by atoms with Gasteiger partial charge in [-0.15, -0.1) is 11.3 Å². The highest BCUT2D eigenvalue weighted by molar-refractivity contribution is 7.17. The molecule has 0 bridgehead atoms. The number of aryl methyl sites for hydroxylation is 2. The summed E-state index contributed by atoms with van der Waals surface area (Å²) in [5.41, 5.74) is 5.52. The van der Waals surface area contributed by atoms with E-state index in [1.807, 2.05) is 11.3 Å². The lowest BCUT2D eigenvalue weighted by atomic mass is 9.91. The van der Waals surface area contributed by atoms with Crippen LogP contribution in [0.3, 0.4) is 0 Å². The molecule has 1 heterocycles. The van der Waals surface area contributed by atoms with Crippen LogP contribution in [0.15, 0.2) is 47.8 Å². The highest BCUT2D eigenvalue weighted by atomic mass is 32.1. The standard InChI is InChI=1S/C19H21NS/c1-4-20-18(17-13(2)7-5-8-14(17)3)16-10-6-9-15-11-12-21-19(15)16/h5-12,18,20H,4H2,1-3H3. The van der Waals surface area contributed by atoms with Crippen LogP contribution in [0.4, 0.5) is 0 Å². The van der Waals surface area contributed by atoms with Crippen LogP contribution >= 0.6 is 11.3 Å². The van der Waals surface area contributed by atoms with Crippen LogP contribution in [0.2, 0.25) is 0 Å². The van der Waals surface area contributed by atoms with E-state index in [0.29, 0.717) is 0 Å². The average Bonchev–Trinajstić information content (AvgIpc) is 2.94. The molecule has 2 aromatic carbocycles. The van der Waals surface area contributed by atoms with Gasteiger partial charge >= 0.3 is 0 Å². The summed E-state index contributed by atoms with van der Waals surface area (Å²) in [6, 6.07) is 15.7. The SMILES string of the molecule is CCNC(c1c(C)cccc1C)c1cccc2ccsc12. The van der Waals surface area contributed by atoms with Crippen LogP contribution < -0.4 is 5.32 Å². The summed E-state index contributed by atoms with van der Waals surface area (Å²) in [6.07, 6.45) is 0. The molecule has 0 saturated carbocycles. The zero-order chi connectivity index (χ0) is 14.8. The van der Waals surface area contributed by atoms with Crippen molar-refractivity contribution < 1.29 is 0 Å². The summed E-state index contributed by atoms with van der Waals surface area (Å²) in [6.45, 7) is 7.55. The minimum Gasteiger partial charge on any atom is -0.306 e. The molecular formula is C19H21NS. The van der Waals surface area contributed by atoms with Crippen molar-refractivity contribution in [2.24, 2.45) is 0 Å². The normalized spacial score (nSPS) is 12.7. The highest BCUT2D eigenvalue weighted by Gasteiger charge is 2.19. The zero-order valence-electron chi connectivity index (χ0n) is 12.8. The van der Waals surface area contributed by atoms with Gasteiger partial charge < -0.3 is 5.32 Å².